The normalized spacial score (nSPS) is 11.2. The highest BCUT2D eigenvalue weighted by molar-refractivity contribution is 5.08. The van der Waals surface area contributed by atoms with Crippen LogP contribution in [0.25, 0.3) is 0 Å². The molecule has 0 aromatic carbocycles. The lowest BCUT2D eigenvalue weighted by Crippen LogP contribution is -2.24. The summed E-state index contributed by atoms with van der Waals surface area (Å²) < 4.78 is 25.9. The Hall–Kier alpha value is -1.19. The van der Waals surface area contributed by atoms with Crippen LogP contribution in [0.15, 0.2) is 23.0 Å². The molecule has 2 nitrogen and oxygen atoms in total. The molecular formula is C9H11F2NO. The summed E-state index contributed by atoms with van der Waals surface area (Å²) in [6.45, 7) is 3.40. The van der Waals surface area contributed by atoms with Crippen LogP contribution in [0.2, 0.25) is 0 Å². The van der Waals surface area contributed by atoms with Crippen LogP contribution >= 0.6 is 0 Å². The molecule has 0 bridgehead atoms. The second kappa shape index (κ2) is 3.68. The molecule has 1 rings (SSSR count). The lowest BCUT2D eigenvalue weighted by atomic mass is 10.3. The molecule has 1 heterocycles. The summed E-state index contributed by atoms with van der Waals surface area (Å²) >= 11 is 0. The summed E-state index contributed by atoms with van der Waals surface area (Å²) in [5.74, 6) is 0. The minimum absolute atomic E-state index is 0.220. The fourth-order valence-corrected chi connectivity index (χ4v) is 1.25. The van der Waals surface area contributed by atoms with Crippen LogP contribution in [0, 0.1) is 0 Å². The Bertz CT molecular complexity index is 344. The van der Waals surface area contributed by atoms with Crippen molar-refractivity contribution in [3.05, 3.63) is 34.2 Å². The maximum absolute atomic E-state index is 12.4. The Morgan fingerprint density at radius 2 is 1.92 bits per heavy atom. The highest BCUT2D eigenvalue weighted by atomic mass is 19.3. The van der Waals surface area contributed by atoms with Gasteiger partial charge in [-0.3, -0.25) is 4.79 Å². The summed E-state index contributed by atoms with van der Waals surface area (Å²) in [4.78, 5) is 11.2. The van der Waals surface area contributed by atoms with Crippen LogP contribution in [-0.4, -0.2) is 4.57 Å². The lowest BCUT2D eigenvalue weighted by molar-refractivity contribution is 0.137. The minimum Gasteiger partial charge on any atom is -0.305 e. The van der Waals surface area contributed by atoms with Crippen molar-refractivity contribution in [2.45, 2.75) is 26.3 Å². The van der Waals surface area contributed by atoms with Gasteiger partial charge in [0.05, 0.1) is 5.69 Å². The zero-order valence-corrected chi connectivity index (χ0v) is 7.50. The third kappa shape index (κ3) is 1.94. The second-order valence-corrected chi connectivity index (χ2v) is 3.05. The molecule has 0 aliphatic carbocycles. The van der Waals surface area contributed by atoms with Gasteiger partial charge in [-0.05, 0) is 19.9 Å². The van der Waals surface area contributed by atoms with Crippen molar-refractivity contribution in [3.8, 4) is 0 Å². The summed E-state index contributed by atoms with van der Waals surface area (Å²) in [5.41, 5.74) is -0.602. The van der Waals surface area contributed by atoms with Crippen molar-refractivity contribution in [2.75, 3.05) is 0 Å². The maximum Gasteiger partial charge on any atom is 0.278 e. The van der Waals surface area contributed by atoms with Gasteiger partial charge in [0.15, 0.2) is 0 Å². The zero-order valence-electron chi connectivity index (χ0n) is 7.50. The van der Waals surface area contributed by atoms with E-state index < -0.39 is 6.43 Å². The number of rotatable bonds is 2. The summed E-state index contributed by atoms with van der Waals surface area (Å²) in [5, 5.41) is 0. The van der Waals surface area contributed by atoms with E-state index in [1.165, 1.54) is 18.2 Å². The molecule has 72 valence electrons. The van der Waals surface area contributed by atoms with E-state index in [-0.39, 0.29) is 17.3 Å². The topological polar surface area (TPSA) is 22.0 Å². The van der Waals surface area contributed by atoms with Crippen molar-refractivity contribution in [1.82, 2.24) is 4.57 Å². The molecule has 0 spiro atoms. The van der Waals surface area contributed by atoms with Gasteiger partial charge in [0.25, 0.3) is 12.0 Å². The lowest BCUT2D eigenvalue weighted by Gasteiger charge is -2.14. The predicted octanol–water partition coefficient (Wildman–Crippen LogP) is 2.37. The highest BCUT2D eigenvalue weighted by Gasteiger charge is 2.14. The molecule has 0 amide bonds. The molecule has 0 aliphatic heterocycles. The molecule has 0 aliphatic rings. The third-order valence-corrected chi connectivity index (χ3v) is 1.76. The number of aromatic nitrogens is 1. The number of pyridine rings is 1. The predicted molar refractivity (Wildman–Crippen MR) is 46.0 cm³/mol. The van der Waals surface area contributed by atoms with Crippen LogP contribution < -0.4 is 5.56 Å². The van der Waals surface area contributed by atoms with Gasteiger partial charge in [-0.1, -0.05) is 6.07 Å². The van der Waals surface area contributed by atoms with Gasteiger partial charge in [0.1, 0.15) is 0 Å². The summed E-state index contributed by atoms with van der Waals surface area (Å²) in [6, 6.07) is 3.67. The van der Waals surface area contributed by atoms with Crippen LogP contribution in [0.1, 0.15) is 32.0 Å². The Kier molecular flexibility index (Phi) is 2.80. The fourth-order valence-electron chi connectivity index (χ4n) is 1.25. The molecule has 0 saturated heterocycles. The van der Waals surface area contributed by atoms with Crippen LogP contribution in [0.4, 0.5) is 8.78 Å². The largest absolute Gasteiger partial charge is 0.305 e. The Morgan fingerprint density at radius 3 is 2.31 bits per heavy atom. The molecule has 0 radical (unpaired) electrons. The van der Waals surface area contributed by atoms with Crippen LogP contribution in [0.5, 0.6) is 0 Å². The second-order valence-electron chi connectivity index (χ2n) is 3.05. The van der Waals surface area contributed by atoms with E-state index >= 15 is 0 Å². The number of alkyl halides is 2. The highest BCUT2D eigenvalue weighted by Crippen LogP contribution is 2.19. The van der Waals surface area contributed by atoms with Crippen LogP contribution in [-0.2, 0) is 0 Å². The van der Waals surface area contributed by atoms with Gasteiger partial charge in [-0.2, -0.15) is 0 Å². The van der Waals surface area contributed by atoms with Gasteiger partial charge in [0, 0.05) is 12.1 Å². The van der Waals surface area contributed by atoms with E-state index in [1.807, 2.05) is 0 Å². The Morgan fingerprint density at radius 1 is 1.31 bits per heavy atom. The molecule has 0 N–H and O–H groups in total. The molecular weight excluding hydrogens is 176 g/mol. The Labute approximate surface area is 74.8 Å². The van der Waals surface area contributed by atoms with Gasteiger partial charge in [-0.25, -0.2) is 8.78 Å². The van der Waals surface area contributed by atoms with E-state index in [9.17, 15) is 13.6 Å². The van der Waals surface area contributed by atoms with E-state index in [0.29, 0.717) is 0 Å². The maximum atomic E-state index is 12.4. The first kappa shape index (κ1) is 9.89. The van der Waals surface area contributed by atoms with Gasteiger partial charge in [0.2, 0.25) is 0 Å². The smallest absolute Gasteiger partial charge is 0.278 e. The quantitative estimate of drug-likeness (QED) is 0.696. The molecule has 0 atom stereocenters. The van der Waals surface area contributed by atoms with Gasteiger partial charge >= 0.3 is 0 Å². The third-order valence-electron chi connectivity index (χ3n) is 1.76. The molecule has 0 saturated carbocycles. The fraction of sp³-hybridized carbons (Fsp3) is 0.444. The average molecular weight is 187 g/mol. The number of nitrogens with zero attached hydrogens (tertiary/aromatic N) is 1. The van der Waals surface area contributed by atoms with Crippen molar-refractivity contribution in [1.29, 1.82) is 0 Å². The summed E-state index contributed by atoms with van der Waals surface area (Å²) in [7, 11) is 0. The zero-order chi connectivity index (χ0) is 10.0. The van der Waals surface area contributed by atoms with Crippen molar-refractivity contribution >= 4 is 0 Å². The van der Waals surface area contributed by atoms with Crippen LogP contribution in [0.3, 0.4) is 0 Å². The molecule has 0 unspecified atom stereocenters. The minimum atomic E-state index is -2.60. The first-order valence-electron chi connectivity index (χ1n) is 4.03. The van der Waals surface area contributed by atoms with E-state index in [2.05, 4.69) is 0 Å². The summed E-state index contributed by atoms with van der Waals surface area (Å²) in [6.07, 6.45) is -2.60. The number of halogens is 2. The van der Waals surface area contributed by atoms with Crippen molar-refractivity contribution in [2.24, 2.45) is 0 Å². The van der Waals surface area contributed by atoms with Gasteiger partial charge in [-0.15, -0.1) is 0 Å². The Balaban J connectivity index is 3.35. The van der Waals surface area contributed by atoms with Crippen molar-refractivity contribution < 1.29 is 8.78 Å². The van der Waals surface area contributed by atoms with Gasteiger partial charge < -0.3 is 4.57 Å². The first-order chi connectivity index (χ1) is 6.04. The average Bonchev–Trinajstić information content (AvgIpc) is 2.02. The molecule has 0 fully saturated rings. The monoisotopic (exact) mass is 187 g/mol. The van der Waals surface area contributed by atoms with Crippen molar-refractivity contribution in [3.63, 3.8) is 0 Å². The van der Waals surface area contributed by atoms with E-state index in [0.717, 1.165) is 4.57 Å². The molecule has 1 aromatic heterocycles. The molecule has 4 heteroatoms. The van der Waals surface area contributed by atoms with E-state index in [4.69, 9.17) is 0 Å². The standard InChI is InChI=1S/C9H11F2NO/c1-6(2)12-7(9(10)11)4-3-5-8(12)13/h3-6,9H,1-2H3. The number of hydrogen-bond donors (Lipinski definition) is 0. The molecule has 1 aromatic rings. The SMILES string of the molecule is CC(C)n1c(C(F)F)cccc1=O. The molecule has 13 heavy (non-hydrogen) atoms. The van der Waals surface area contributed by atoms with E-state index in [1.54, 1.807) is 13.8 Å². The number of hydrogen-bond acceptors (Lipinski definition) is 1. The first-order valence-corrected chi connectivity index (χ1v) is 4.03.